The first kappa shape index (κ1) is 29.0. The molecule has 0 aromatic heterocycles. The van der Waals surface area contributed by atoms with Gasteiger partial charge in [0.25, 0.3) is 5.69 Å². The summed E-state index contributed by atoms with van der Waals surface area (Å²) in [5.74, 6) is -1.40. The molecule has 3 unspecified atom stereocenters. The third-order valence-electron chi connectivity index (χ3n) is 6.22. The van der Waals surface area contributed by atoms with Gasteiger partial charge in [-0.1, -0.05) is 30.3 Å². The van der Waals surface area contributed by atoms with Gasteiger partial charge in [0.1, 0.15) is 12.1 Å². The van der Waals surface area contributed by atoms with Gasteiger partial charge < -0.3 is 32.7 Å². The molecule has 1 fully saturated rings. The highest BCUT2D eigenvalue weighted by molar-refractivity contribution is 5.98. The van der Waals surface area contributed by atoms with Crippen molar-refractivity contribution in [1.29, 1.82) is 0 Å². The second-order valence-electron chi connectivity index (χ2n) is 9.20. The number of nitro groups is 1. The van der Waals surface area contributed by atoms with Gasteiger partial charge in [-0.05, 0) is 49.9 Å². The molecule has 1 saturated heterocycles. The summed E-state index contributed by atoms with van der Waals surface area (Å²) in [5, 5.41) is 22.3. The van der Waals surface area contributed by atoms with Crippen LogP contribution >= 0.6 is 0 Å². The highest BCUT2D eigenvalue weighted by Crippen LogP contribution is 2.16. The van der Waals surface area contributed by atoms with E-state index < -0.39 is 28.8 Å². The Morgan fingerprint density at radius 2 is 1.74 bits per heavy atom. The van der Waals surface area contributed by atoms with Crippen molar-refractivity contribution < 1.29 is 19.3 Å². The number of benzene rings is 2. The number of carbonyl (C=O) groups is 3. The number of rotatable bonds is 13. The second kappa shape index (κ2) is 14.4. The Morgan fingerprint density at radius 1 is 1.03 bits per heavy atom. The Kier molecular flexibility index (Phi) is 10.7. The number of aliphatic imine (C=N–C) groups is 1. The average molecular weight is 539 g/mol. The summed E-state index contributed by atoms with van der Waals surface area (Å²) in [6.07, 6.45) is 2.37. The highest BCUT2D eigenvalue weighted by Gasteiger charge is 2.30. The second-order valence-corrected chi connectivity index (χ2v) is 9.20. The van der Waals surface area contributed by atoms with Crippen LogP contribution in [0.15, 0.2) is 59.6 Å². The molecule has 1 aliphatic rings. The van der Waals surface area contributed by atoms with E-state index in [1.54, 1.807) is 0 Å². The summed E-state index contributed by atoms with van der Waals surface area (Å²) in [4.78, 5) is 53.8. The molecule has 0 aliphatic carbocycles. The molecule has 8 N–H and O–H groups in total. The largest absolute Gasteiger partial charge is 0.370 e. The maximum atomic E-state index is 13.5. The zero-order chi connectivity index (χ0) is 28.2. The Morgan fingerprint density at radius 3 is 2.36 bits per heavy atom. The molecule has 2 aromatic carbocycles. The van der Waals surface area contributed by atoms with Gasteiger partial charge >= 0.3 is 0 Å². The van der Waals surface area contributed by atoms with Gasteiger partial charge in [0.05, 0.1) is 11.0 Å². The SMILES string of the molecule is NC(N)=NCCCC(NC(=O)C(Cc1ccccc1)NC(=O)C1CCCN1)C(=O)Nc1ccc([N+](=O)[O-])cc1. The quantitative estimate of drug-likeness (QED) is 0.0696. The summed E-state index contributed by atoms with van der Waals surface area (Å²) in [7, 11) is 0. The number of non-ortho nitro benzene ring substituents is 1. The van der Waals surface area contributed by atoms with Crippen molar-refractivity contribution in [3.05, 3.63) is 70.3 Å². The molecule has 0 radical (unpaired) electrons. The zero-order valence-corrected chi connectivity index (χ0v) is 21.5. The van der Waals surface area contributed by atoms with Gasteiger partial charge in [-0.2, -0.15) is 0 Å². The van der Waals surface area contributed by atoms with Crippen molar-refractivity contribution in [3.63, 3.8) is 0 Å². The smallest absolute Gasteiger partial charge is 0.269 e. The number of hydrogen-bond acceptors (Lipinski definition) is 7. The number of hydrogen-bond donors (Lipinski definition) is 6. The van der Waals surface area contributed by atoms with Crippen LogP contribution in [0.5, 0.6) is 0 Å². The molecule has 1 heterocycles. The monoisotopic (exact) mass is 538 g/mol. The van der Waals surface area contributed by atoms with Crippen molar-refractivity contribution in [2.24, 2.45) is 16.5 Å². The van der Waals surface area contributed by atoms with Gasteiger partial charge in [0, 0.05) is 30.8 Å². The predicted octanol–water partition coefficient (Wildman–Crippen LogP) is 0.551. The van der Waals surface area contributed by atoms with E-state index in [9.17, 15) is 24.5 Å². The topological polar surface area (TPSA) is 207 Å². The summed E-state index contributed by atoms with van der Waals surface area (Å²) in [6, 6.07) is 12.3. The van der Waals surface area contributed by atoms with Gasteiger partial charge in [-0.3, -0.25) is 29.5 Å². The van der Waals surface area contributed by atoms with Crippen LogP contribution in [0.2, 0.25) is 0 Å². The fraction of sp³-hybridized carbons (Fsp3) is 0.385. The molecule has 3 rings (SSSR count). The first-order chi connectivity index (χ1) is 18.7. The number of amides is 3. The molecule has 13 heteroatoms. The van der Waals surface area contributed by atoms with E-state index in [-0.39, 0.29) is 43.0 Å². The van der Waals surface area contributed by atoms with Crippen molar-refractivity contribution in [2.75, 3.05) is 18.4 Å². The Labute approximate surface area is 226 Å². The molecule has 13 nitrogen and oxygen atoms in total. The molecule has 0 bridgehead atoms. The third kappa shape index (κ3) is 9.38. The van der Waals surface area contributed by atoms with Gasteiger partial charge in [0.2, 0.25) is 17.7 Å². The maximum absolute atomic E-state index is 13.5. The predicted molar refractivity (Wildman–Crippen MR) is 147 cm³/mol. The van der Waals surface area contributed by atoms with Crippen LogP contribution in [0.25, 0.3) is 0 Å². The minimum absolute atomic E-state index is 0.0860. The first-order valence-electron chi connectivity index (χ1n) is 12.7. The fourth-order valence-electron chi connectivity index (χ4n) is 4.18. The van der Waals surface area contributed by atoms with Gasteiger partial charge in [-0.25, -0.2) is 0 Å². The molecule has 3 atom stereocenters. The van der Waals surface area contributed by atoms with Crippen LogP contribution in [-0.2, 0) is 20.8 Å². The van der Waals surface area contributed by atoms with Crippen molar-refractivity contribution in [2.45, 2.75) is 50.2 Å². The number of nitrogens with two attached hydrogens (primary N) is 2. The van der Waals surface area contributed by atoms with Crippen molar-refractivity contribution in [3.8, 4) is 0 Å². The lowest BCUT2D eigenvalue weighted by atomic mass is 10.0. The molecule has 3 amide bonds. The number of carbonyl (C=O) groups excluding carboxylic acids is 3. The molecule has 2 aromatic rings. The number of nitro benzene ring substituents is 1. The zero-order valence-electron chi connectivity index (χ0n) is 21.5. The standard InChI is InChI=1S/C26H34N8O5/c27-26(28)30-15-5-9-21(24(36)31-18-10-12-19(13-11-18)34(38)39)32-25(37)22(16-17-6-2-1-3-7-17)33-23(35)20-8-4-14-29-20/h1-3,6-7,10-13,20-22,29H,4-5,8-9,14-16H2,(H,31,36)(H,32,37)(H,33,35)(H4,27,28,30). The highest BCUT2D eigenvalue weighted by atomic mass is 16.6. The van der Waals surface area contributed by atoms with Gasteiger partial charge in [0.15, 0.2) is 5.96 Å². The summed E-state index contributed by atoms with van der Waals surface area (Å²) in [6.45, 7) is 0.978. The lowest BCUT2D eigenvalue weighted by molar-refractivity contribution is -0.384. The molecule has 39 heavy (non-hydrogen) atoms. The third-order valence-corrected chi connectivity index (χ3v) is 6.22. The number of nitrogens with zero attached hydrogens (tertiary/aromatic N) is 2. The minimum atomic E-state index is -0.985. The Hall–Kier alpha value is -4.52. The molecule has 1 aliphatic heterocycles. The normalized spacial score (nSPS) is 15.9. The van der Waals surface area contributed by atoms with Crippen LogP contribution in [0.3, 0.4) is 0 Å². The fourth-order valence-corrected chi connectivity index (χ4v) is 4.18. The minimum Gasteiger partial charge on any atom is -0.370 e. The molecule has 0 saturated carbocycles. The summed E-state index contributed by atoms with van der Waals surface area (Å²) in [5.41, 5.74) is 11.8. The Bertz CT molecular complexity index is 1160. The van der Waals surface area contributed by atoms with E-state index in [1.165, 1.54) is 24.3 Å². The van der Waals surface area contributed by atoms with E-state index in [0.29, 0.717) is 18.5 Å². The first-order valence-corrected chi connectivity index (χ1v) is 12.7. The lowest BCUT2D eigenvalue weighted by Crippen LogP contribution is -2.55. The van der Waals surface area contributed by atoms with Crippen LogP contribution in [-0.4, -0.2) is 59.8 Å². The summed E-state index contributed by atoms with van der Waals surface area (Å²) >= 11 is 0. The van der Waals surface area contributed by atoms with Crippen LogP contribution in [0, 0.1) is 10.1 Å². The van der Waals surface area contributed by atoms with Crippen molar-refractivity contribution in [1.82, 2.24) is 16.0 Å². The van der Waals surface area contributed by atoms with E-state index >= 15 is 0 Å². The average Bonchev–Trinajstić information content (AvgIpc) is 3.46. The van der Waals surface area contributed by atoms with E-state index in [1.807, 2.05) is 30.3 Å². The van der Waals surface area contributed by atoms with E-state index in [4.69, 9.17) is 11.5 Å². The number of anilines is 1. The van der Waals surface area contributed by atoms with Crippen LogP contribution < -0.4 is 32.7 Å². The molecular formula is C26H34N8O5. The molecular weight excluding hydrogens is 504 g/mol. The molecule has 208 valence electrons. The van der Waals surface area contributed by atoms with Crippen molar-refractivity contribution >= 4 is 35.1 Å². The maximum Gasteiger partial charge on any atom is 0.269 e. The Balaban J connectivity index is 1.75. The van der Waals surface area contributed by atoms with Crippen LogP contribution in [0.1, 0.15) is 31.2 Å². The molecule has 0 spiro atoms. The number of guanidine groups is 1. The summed E-state index contributed by atoms with van der Waals surface area (Å²) < 4.78 is 0. The lowest BCUT2D eigenvalue weighted by Gasteiger charge is -2.24. The van der Waals surface area contributed by atoms with E-state index in [0.717, 1.165) is 18.5 Å². The van der Waals surface area contributed by atoms with Crippen LogP contribution in [0.4, 0.5) is 11.4 Å². The van der Waals surface area contributed by atoms with E-state index in [2.05, 4.69) is 26.3 Å². The number of nitrogens with one attached hydrogen (secondary N) is 4. The van der Waals surface area contributed by atoms with Gasteiger partial charge in [-0.15, -0.1) is 0 Å².